The molecular formula is C5H13O6P. The van der Waals surface area contributed by atoms with Gasteiger partial charge in [0.15, 0.2) is 7.14 Å². The Hall–Kier alpha value is 0.0300. The Morgan fingerprint density at radius 1 is 1.00 bits per heavy atom. The van der Waals surface area contributed by atoms with Crippen LogP contribution in [0.5, 0.6) is 0 Å². The third-order valence-corrected chi connectivity index (χ3v) is 2.92. The van der Waals surface area contributed by atoms with Crippen LogP contribution in [0, 0.1) is 0 Å². The zero-order valence-corrected chi connectivity index (χ0v) is 7.44. The van der Waals surface area contributed by atoms with Gasteiger partial charge in [0.1, 0.15) is 32.6 Å². The minimum Gasteiger partial charge on any atom is -0.388 e. The molecule has 0 aromatic rings. The molecule has 6 nitrogen and oxygen atoms in total. The highest BCUT2D eigenvalue weighted by atomic mass is 31.2. The fourth-order valence-electron chi connectivity index (χ4n) is 0.533. The van der Waals surface area contributed by atoms with E-state index in [0.29, 0.717) is 0 Å². The molecule has 0 amide bonds. The SMILES string of the molecule is O=P(CO)(COCO)COCO. The molecule has 12 heavy (non-hydrogen) atoms. The fourth-order valence-corrected chi connectivity index (χ4v) is 1.60. The first kappa shape index (κ1) is 12.0. The number of rotatable bonds is 7. The van der Waals surface area contributed by atoms with Crippen LogP contribution in [0.2, 0.25) is 0 Å². The summed E-state index contributed by atoms with van der Waals surface area (Å²) < 4.78 is 20.3. The van der Waals surface area contributed by atoms with Crippen molar-refractivity contribution in [3.05, 3.63) is 0 Å². The summed E-state index contributed by atoms with van der Waals surface area (Å²) in [6.07, 6.45) is -1.06. The standard InChI is InChI=1S/C5H13O6P/c6-1-10-4-12(9,3-8)5-11-2-7/h6-8H,1-5H2. The van der Waals surface area contributed by atoms with Crippen LogP contribution < -0.4 is 0 Å². The number of aliphatic hydroxyl groups excluding tert-OH is 3. The van der Waals surface area contributed by atoms with E-state index in [-0.39, 0.29) is 12.7 Å². The highest BCUT2D eigenvalue weighted by molar-refractivity contribution is 7.63. The van der Waals surface area contributed by atoms with Gasteiger partial charge in [0.05, 0.1) is 0 Å². The van der Waals surface area contributed by atoms with Crippen LogP contribution in [0.4, 0.5) is 0 Å². The van der Waals surface area contributed by atoms with Crippen LogP contribution in [0.25, 0.3) is 0 Å². The number of hydrogen-bond donors (Lipinski definition) is 3. The van der Waals surface area contributed by atoms with Gasteiger partial charge in [-0.3, -0.25) is 0 Å². The maximum absolute atomic E-state index is 11.4. The smallest absolute Gasteiger partial charge is 0.160 e. The van der Waals surface area contributed by atoms with Gasteiger partial charge in [-0.1, -0.05) is 0 Å². The van der Waals surface area contributed by atoms with Gasteiger partial charge < -0.3 is 29.4 Å². The van der Waals surface area contributed by atoms with Crippen molar-refractivity contribution in [2.24, 2.45) is 0 Å². The number of aliphatic hydroxyl groups is 3. The molecule has 74 valence electrons. The van der Waals surface area contributed by atoms with Crippen molar-refractivity contribution in [2.45, 2.75) is 0 Å². The van der Waals surface area contributed by atoms with E-state index >= 15 is 0 Å². The Bertz CT molecular complexity index is 137. The molecular weight excluding hydrogens is 187 g/mol. The predicted octanol–water partition coefficient (Wildman–Crippen LogP) is -0.853. The molecule has 0 aromatic heterocycles. The van der Waals surface area contributed by atoms with Gasteiger partial charge in [-0.05, 0) is 0 Å². The Morgan fingerprint density at radius 2 is 1.42 bits per heavy atom. The molecule has 0 heterocycles. The van der Waals surface area contributed by atoms with Crippen LogP contribution >= 0.6 is 7.14 Å². The Balaban J connectivity index is 3.79. The molecule has 0 aliphatic carbocycles. The molecule has 0 saturated carbocycles. The second-order valence-electron chi connectivity index (χ2n) is 2.12. The van der Waals surface area contributed by atoms with E-state index in [1.165, 1.54) is 0 Å². The summed E-state index contributed by atoms with van der Waals surface area (Å²) >= 11 is 0. The highest BCUT2D eigenvalue weighted by Gasteiger charge is 2.21. The number of ether oxygens (including phenoxy) is 2. The van der Waals surface area contributed by atoms with E-state index in [1.54, 1.807) is 0 Å². The average molecular weight is 200 g/mol. The van der Waals surface area contributed by atoms with Gasteiger partial charge in [0.2, 0.25) is 0 Å². The minimum atomic E-state index is -2.94. The molecule has 0 aliphatic rings. The van der Waals surface area contributed by atoms with Gasteiger partial charge >= 0.3 is 0 Å². The molecule has 0 unspecified atom stereocenters. The lowest BCUT2D eigenvalue weighted by atomic mass is 11.4. The lowest BCUT2D eigenvalue weighted by molar-refractivity contribution is 0.00853. The van der Waals surface area contributed by atoms with Crippen molar-refractivity contribution < 1.29 is 29.4 Å². The summed E-state index contributed by atoms with van der Waals surface area (Å²) in [6.45, 7) is -1.10. The summed E-state index contributed by atoms with van der Waals surface area (Å²) in [5, 5.41) is 25.1. The van der Waals surface area contributed by atoms with Crippen LogP contribution in [0.15, 0.2) is 0 Å². The second kappa shape index (κ2) is 6.54. The summed E-state index contributed by atoms with van der Waals surface area (Å²) in [5.74, 6) is 0. The first-order chi connectivity index (χ1) is 5.68. The van der Waals surface area contributed by atoms with Crippen molar-refractivity contribution in [1.29, 1.82) is 0 Å². The molecule has 0 aromatic carbocycles. The van der Waals surface area contributed by atoms with Crippen molar-refractivity contribution in [3.8, 4) is 0 Å². The first-order valence-corrected chi connectivity index (χ1v) is 5.50. The van der Waals surface area contributed by atoms with E-state index in [9.17, 15) is 4.57 Å². The van der Waals surface area contributed by atoms with Crippen LogP contribution in [-0.2, 0) is 14.0 Å². The van der Waals surface area contributed by atoms with E-state index < -0.39 is 27.1 Å². The summed E-state index contributed by atoms with van der Waals surface area (Å²) in [6, 6.07) is 0. The summed E-state index contributed by atoms with van der Waals surface area (Å²) in [5.41, 5.74) is 0. The van der Waals surface area contributed by atoms with Crippen LogP contribution in [0.1, 0.15) is 0 Å². The molecule has 0 spiro atoms. The first-order valence-electron chi connectivity index (χ1n) is 3.23. The fraction of sp³-hybridized carbons (Fsp3) is 1.00. The molecule has 0 bridgehead atoms. The van der Waals surface area contributed by atoms with Gasteiger partial charge in [0.25, 0.3) is 0 Å². The zero-order chi connectivity index (χ0) is 9.45. The molecule has 0 aliphatic heterocycles. The van der Waals surface area contributed by atoms with E-state index in [1.807, 2.05) is 0 Å². The lowest BCUT2D eigenvalue weighted by Crippen LogP contribution is -2.07. The topological polar surface area (TPSA) is 96.2 Å². The third kappa shape index (κ3) is 4.82. The monoisotopic (exact) mass is 200 g/mol. The van der Waals surface area contributed by atoms with Gasteiger partial charge in [-0.2, -0.15) is 0 Å². The molecule has 0 saturated heterocycles. The third-order valence-electron chi connectivity index (χ3n) is 1.09. The van der Waals surface area contributed by atoms with Crippen LogP contribution in [-0.4, -0.2) is 47.9 Å². The normalized spacial score (nSPS) is 11.9. The maximum atomic E-state index is 11.4. The Kier molecular flexibility index (Phi) is 6.55. The Morgan fingerprint density at radius 3 is 1.67 bits per heavy atom. The van der Waals surface area contributed by atoms with Gasteiger partial charge in [0, 0.05) is 0 Å². The van der Waals surface area contributed by atoms with Crippen molar-refractivity contribution >= 4 is 7.14 Å². The largest absolute Gasteiger partial charge is 0.388 e. The van der Waals surface area contributed by atoms with E-state index in [4.69, 9.17) is 15.3 Å². The van der Waals surface area contributed by atoms with Crippen molar-refractivity contribution in [1.82, 2.24) is 0 Å². The molecule has 0 atom stereocenters. The van der Waals surface area contributed by atoms with Crippen LogP contribution in [0.3, 0.4) is 0 Å². The molecule has 0 fully saturated rings. The molecule has 7 heteroatoms. The molecule has 0 radical (unpaired) electrons. The Labute approximate surface area is 70.1 Å². The quantitative estimate of drug-likeness (QED) is 0.366. The highest BCUT2D eigenvalue weighted by Crippen LogP contribution is 2.43. The van der Waals surface area contributed by atoms with Gasteiger partial charge in [-0.15, -0.1) is 0 Å². The minimum absolute atomic E-state index is 0.250. The van der Waals surface area contributed by atoms with Gasteiger partial charge in [-0.25, -0.2) is 0 Å². The molecule has 3 N–H and O–H groups in total. The van der Waals surface area contributed by atoms with Crippen molar-refractivity contribution in [2.75, 3.05) is 32.6 Å². The molecule has 0 rings (SSSR count). The lowest BCUT2D eigenvalue weighted by Gasteiger charge is -2.13. The van der Waals surface area contributed by atoms with Crippen molar-refractivity contribution in [3.63, 3.8) is 0 Å². The summed E-state index contributed by atoms with van der Waals surface area (Å²) in [7, 11) is -2.94. The van der Waals surface area contributed by atoms with E-state index in [2.05, 4.69) is 9.47 Å². The number of hydrogen-bond acceptors (Lipinski definition) is 6. The average Bonchev–Trinajstić information content (AvgIpc) is 2.11. The second-order valence-corrected chi connectivity index (χ2v) is 5.04. The predicted molar refractivity (Wildman–Crippen MR) is 40.8 cm³/mol. The maximum Gasteiger partial charge on any atom is 0.160 e. The van der Waals surface area contributed by atoms with E-state index in [0.717, 1.165) is 0 Å². The summed E-state index contributed by atoms with van der Waals surface area (Å²) in [4.78, 5) is 0. The zero-order valence-electron chi connectivity index (χ0n) is 6.55.